The molecular weight excluding hydrogens is 174 g/mol. The maximum Gasteiger partial charge on any atom is 0.248 e. The Hall–Kier alpha value is -0.340. The van der Waals surface area contributed by atoms with Gasteiger partial charge in [-0.1, -0.05) is 19.9 Å². The lowest BCUT2D eigenvalue weighted by atomic mass is 10.1. The van der Waals surface area contributed by atoms with Gasteiger partial charge in [0.15, 0.2) is 0 Å². The van der Waals surface area contributed by atoms with E-state index in [-0.39, 0.29) is 5.24 Å². The van der Waals surface area contributed by atoms with Gasteiger partial charge in [-0.2, -0.15) is 0 Å². The Morgan fingerprint density at radius 2 is 2.17 bits per heavy atom. The highest BCUT2D eigenvalue weighted by atomic mass is 35.5. The molecule has 0 saturated carbocycles. The first-order chi connectivity index (χ1) is 5.70. The summed E-state index contributed by atoms with van der Waals surface area (Å²) in [6.07, 6.45) is 2.68. The average molecular weight is 190 g/mol. The van der Waals surface area contributed by atoms with Crippen LogP contribution in [0.4, 0.5) is 0 Å². The van der Waals surface area contributed by atoms with Crippen molar-refractivity contribution in [1.29, 1.82) is 0 Å². The van der Waals surface area contributed by atoms with E-state index in [0.717, 1.165) is 25.1 Å². The minimum absolute atomic E-state index is 0.298. The molecule has 0 fully saturated rings. The minimum Gasteiger partial charge on any atom is -0.302 e. The highest BCUT2D eigenvalue weighted by molar-refractivity contribution is 6.67. The van der Waals surface area contributed by atoms with Gasteiger partial charge >= 0.3 is 0 Å². The summed E-state index contributed by atoms with van der Waals surface area (Å²) in [5.74, 6) is 0. The van der Waals surface area contributed by atoms with Gasteiger partial charge in [-0.05, 0) is 25.1 Å². The van der Waals surface area contributed by atoms with E-state index >= 15 is 0 Å². The Kier molecular flexibility index (Phi) is 6.03. The Morgan fingerprint density at radius 3 is 2.50 bits per heavy atom. The van der Waals surface area contributed by atoms with Crippen LogP contribution in [0.15, 0.2) is 11.6 Å². The van der Waals surface area contributed by atoms with E-state index in [9.17, 15) is 4.79 Å². The average Bonchev–Trinajstić information content (AvgIpc) is 2.09. The third kappa shape index (κ3) is 3.88. The molecule has 0 aliphatic carbocycles. The number of carbonyl (C=O) groups is 1. The summed E-state index contributed by atoms with van der Waals surface area (Å²) in [4.78, 5) is 12.7. The van der Waals surface area contributed by atoms with Gasteiger partial charge in [0.1, 0.15) is 0 Å². The Labute approximate surface area is 79.2 Å². The standard InChI is InChI=1S/C7H10ClNO.C2H6/c1-9-4-2-6(3-5-9)7(8)10;1-2/h2H,3-5H2,1H3;1-2H3. The smallest absolute Gasteiger partial charge is 0.248 e. The highest BCUT2D eigenvalue weighted by Gasteiger charge is 2.11. The maximum atomic E-state index is 10.6. The number of likely N-dealkylation sites (N-methyl/N-ethyl adjacent to an activating group) is 1. The summed E-state index contributed by atoms with van der Waals surface area (Å²) in [6.45, 7) is 5.78. The van der Waals surface area contributed by atoms with Crippen molar-refractivity contribution in [3.63, 3.8) is 0 Å². The Bertz CT molecular complexity index is 177. The van der Waals surface area contributed by atoms with Gasteiger partial charge in [-0.25, -0.2) is 0 Å². The van der Waals surface area contributed by atoms with E-state index in [1.807, 2.05) is 27.0 Å². The van der Waals surface area contributed by atoms with E-state index in [0.29, 0.717) is 0 Å². The van der Waals surface area contributed by atoms with Crippen molar-refractivity contribution in [2.45, 2.75) is 20.3 Å². The molecule has 0 spiro atoms. The zero-order valence-electron chi connectivity index (χ0n) is 7.93. The van der Waals surface area contributed by atoms with E-state index in [1.165, 1.54) is 0 Å². The van der Waals surface area contributed by atoms with Crippen LogP contribution in [0.25, 0.3) is 0 Å². The second-order valence-electron chi connectivity index (χ2n) is 2.52. The first-order valence-corrected chi connectivity index (χ1v) is 4.65. The molecule has 2 nitrogen and oxygen atoms in total. The zero-order valence-corrected chi connectivity index (χ0v) is 8.69. The molecule has 0 aromatic carbocycles. The predicted octanol–water partition coefficient (Wildman–Crippen LogP) is 2.04. The highest BCUT2D eigenvalue weighted by Crippen LogP contribution is 2.11. The van der Waals surface area contributed by atoms with Gasteiger partial charge in [-0.15, -0.1) is 0 Å². The summed E-state index contributed by atoms with van der Waals surface area (Å²) >= 11 is 5.28. The number of rotatable bonds is 1. The lowest BCUT2D eigenvalue weighted by Crippen LogP contribution is -2.25. The van der Waals surface area contributed by atoms with Crippen LogP contribution >= 0.6 is 11.6 Å². The second-order valence-corrected chi connectivity index (χ2v) is 2.86. The van der Waals surface area contributed by atoms with Crippen molar-refractivity contribution in [1.82, 2.24) is 4.90 Å². The SMILES string of the molecule is CC.CN1CC=C(C(=O)Cl)CC1. The van der Waals surface area contributed by atoms with Crippen LogP contribution in [-0.2, 0) is 4.79 Å². The molecule has 0 radical (unpaired) electrons. The maximum absolute atomic E-state index is 10.6. The molecular formula is C9H16ClNO. The van der Waals surface area contributed by atoms with Gasteiger partial charge in [0, 0.05) is 18.7 Å². The van der Waals surface area contributed by atoms with Crippen molar-refractivity contribution in [2.75, 3.05) is 20.1 Å². The molecule has 1 heterocycles. The first kappa shape index (κ1) is 11.7. The van der Waals surface area contributed by atoms with Crippen molar-refractivity contribution >= 4 is 16.8 Å². The fraction of sp³-hybridized carbons (Fsp3) is 0.667. The summed E-state index contributed by atoms with van der Waals surface area (Å²) in [7, 11) is 2.02. The normalized spacial score (nSPS) is 17.5. The minimum atomic E-state index is -0.298. The van der Waals surface area contributed by atoms with Gasteiger partial charge in [0.25, 0.3) is 0 Å². The van der Waals surface area contributed by atoms with Crippen LogP contribution in [0.1, 0.15) is 20.3 Å². The molecule has 0 aromatic heterocycles. The third-order valence-corrected chi connectivity index (χ3v) is 1.91. The largest absolute Gasteiger partial charge is 0.302 e. The molecule has 1 rings (SSSR count). The van der Waals surface area contributed by atoms with E-state index in [4.69, 9.17) is 11.6 Å². The van der Waals surface area contributed by atoms with Crippen molar-refractivity contribution in [3.05, 3.63) is 11.6 Å². The predicted molar refractivity (Wildman–Crippen MR) is 52.4 cm³/mol. The van der Waals surface area contributed by atoms with Crippen molar-refractivity contribution in [2.24, 2.45) is 0 Å². The van der Waals surface area contributed by atoms with E-state index in [1.54, 1.807) is 0 Å². The van der Waals surface area contributed by atoms with Crippen LogP contribution in [0.5, 0.6) is 0 Å². The number of carbonyl (C=O) groups excluding carboxylic acids is 1. The number of nitrogens with zero attached hydrogens (tertiary/aromatic N) is 1. The van der Waals surface area contributed by atoms with Gasteiger partial charge in [0.2, 0.25) is 5.24 Å². The zero-order chi connectivity index (χ0) is 9.56. The van der Waals surface area contributed by atoms with Gasteiger partial charge < -0.3 is 4.90 Å². The lowest BCUT2D eigenvalue weighted by molar-refractivity contribution is -0.108. The molecule has 0 atom stereocenters. The molecule has 0 N–H and O–H groups in total. The van der Waals surface area contributed by atoms with Crippen LogP contribution in [0.2, 0.25) is 0 Å². The molecule has 0 unspecified atom stereocenters. The monoisotopic (exact) mass is 189 g/mol. The molecule has 12 heavy (non-hydrogen) atoms. The van der Waals surface area contributed by atoms with Crippen molar-refractivity contribution in [3.8, 4) is 0 Å². The van der Waals surface area contributed by atoms with Crippen LogP contribution in [-0.4, -0.2) is 30.3 Å². The molecule has 0 bridgehead atoms. The molecule has 3 heteroatoms. The Balaban J connectivity index is 0.000000561. The number of hydrogen-bond donors (Lipinski definition) is 0. The third-order valence-electron chi connectivity index (χ3n) is 1.66. The van der Waals surface area contributed by atoms with Crippen LogP contribution in [0, 0.1) is 0 Å². The summed E-state index contributed by atoms with van der Waals surface area (Å²) < 4.78 is 0. The first-order valence-electron chi connectivity index (χ1n) is 4.27. The van der Waals surface area contributed by atoms with Crippen molar-refractivity contribution < 1.29 is 4.79 Å². The fourth-order valence-corrected chi connectivity index (χ4v) is 1.12. The topological polar surface area (TPSA) is 20.3 Å². The van der Waals surface area contributed by atoms with E-state index in [2.05, 4.69) is 4.90 Å². The molecule has 1 aliphatic rings. The summed E-state index contributed by atoms with van der Waals surface area (Å²) in [6, 6.07) is 0. The second kappa shape index (κ2) is 6.21. The van der Waals surface area contributed by atoms with E-state index < -0.39 is 0 Å². The Morgan fingerprint density at radius 1 is 1.58 bits per heavy atom. The van der Waals surface area contributed by atoms with Gasteiger partial charge in [-0.3, -0.25) is 4.79 Å². The molecule has 1 aliphatic heterocycles. The molecule has 0 amide bonds. The molecule has 0 aromatic rings. The number of hydrogen-bond acceptors (Lipinski definition) is 2. The van der Waals surface area contributed by atoms with Gasteiger partial charge in [0.05, 0.1) is 0 Å². The molecule has 0 saturated heterocycles. The fourth-order valence-electron chi connectivity index (χ4n) is 0.949. The van der Waals surface area contributed by atoms with Crippen LogP contribution in [0.3, 0.4) is 0 Å². The number of halogens is 1. The quantitative estimate of drug-likeness (QED) is 0.589. The van der Waals surface area contributed by atoms with Crippen LogP contribution < -0.4 is 0 Å². The lowest BCUT2D eigenvalue weighted by Gasteiger charge is -2.19. The summed E-state index contributed by atoms with van der Waals surface area (Å²) in [5.41, 5.74) is 0.764. The summed E-state index contributed by atoms with van der Waals surface area (Å²) in [5, 5.41) is -0.298. The molecule has 70 valence electrons.